The Bertz CT molecular complexity index is 976. The first-order valence-corrected chi connectivity index (χ1v) is 12.3. The van der Waals surface area contributed by atoms with E-state index >= 15 is 0 Å². The molecule has 1 heterocycles. The summed E-state index contributed by atoms with van der Waals surface area (Å²) in [7, 11) is -3.33. The number of carbonyl (C=O) groups is 1. The second kappa shape index (κ2) is 9.73. The summed E-state index contributed by atoms with van der Waals surface area (Å²) in [4.78, 5) is 12.1. The van der Waals surface area contributed by atoms with Gasteiger partial charge in [0, 0.05) is 12.1 Å². The lowest BCUT2D eigenvalue weighted by Gasteiger charge is -2.34. The van der Waals surface area contributed by atoms with Gasteiger partial charge in [0.05, 0.1) is 12.2 Å². The zero-order valence-electron chi connectivity index (χ0n) is 17.5. The molecule has 0 saturated carbocycles. The van der Waals surface area contributed by atoms with Gasteiger partial charge in [-0.2, -0.15) is 0 Å². The first-order valence-electron chi connectivity index (χ1n) is 10.4. The monoisotopic (exact) mass is 430 g/mol. The molecule has 1 aliphatic rings. The number of hydrogen-bond acceptors (Lipinski definition) is 4. The van der Waals surface area contributed by atoms with Gasteiger partial charge < -0.3 is 10.4 Å². The molecule has 2 aromatic rings. The lowest BCUT2D eigenvalue weighted by atomic mass is 9.82. The van der Waals surface area contributed by atoms with Crippen molar-refractivity contribution in [3.05, 3.63) is 59.7 Å². The van der Waals surface area contributed by atoms with Crippen LogP contribution in [0.2, 0.25) is 0 Å². The Balaban J connectivity index is 2.04. The van der Waals surface area contributed by atoms with E-state index in [1.165, 1.54) is 6.26 Å². The summed E-state index contributed by atoms with van der Waals surface area (Å²) in [5.74, 6) is -1.47. The Labute approximate surface area is 178 Å². The molecule has 3 N–H and O–H groups in total. The number of nitrogens with one attached hydrogen (secondary N) is 2. The average Bonchev–Trinajstić information content (AvgIpc) is 2.70. The Hall–Kier alpha value is -2.22. The van der Waals surface area contributed by atoms with Crippen LogP contribution in [-0.4, -0.2) is 44.4 Å². The number of carboxylic acid groups (broad SMARTS) is 1. The molecule has 0 spiro atoms. The molecule has 6 nitrogen and oxygen atoms in total. The van der Waals surface area contributed by atoms with Crippen LogP contribution < -0.4 is 10.0 Å². The van der Waals surface area contributed by atoms with Gasteiger partial charge in [-0.15, -0.1) is 0 Å². The van der Waals surface area contributed by atoms with Crippen molar-refractivity contribution in [3.63, 3.8) is 0 Å². The normalized spacial score (nSPS) is 20.6. The van der Waals surface area contributed by atoms with Crippen molar-refractivity contribution in [3.8, 4) is 11.1 Å². The predicted molar refractivity (Wildman–Crippen MR) is 119 cm³/mol. The Morgan fingerprint density at radius 3 is 2.57 bits per heavy atom. The molecule has 3 unspecified atom stereocenters. The summed E-state index contributed by atoms with van der Waals surface area (Å²) >= 11 is 0. The van der Waals surface area contributed by atoms with Crippen LogP contribution in [0.3, 0.4) is 0 Å². The third-order valence-electron chi connectivity index (χ3n) is 5.73. The largest absolute Gasteiger partial charge is 0.481 e. The molecule has 2 aromatic carbocycles. The SMILES string of the molecule is CCC(C(=O)O)c1c(CC2NCCCC2NS(C)(=O)=O)cccc1-c1ccccc1. The fraction of sp³-hybridized carbons (Fsp3) is 0.435. The van der Waals surface area contributed by atoms with Crippen LogP contribution >= 0.6 is 0 Å². The maximum absolute atomic E-state index is 12.1. The van der Waals surface area contributed by atoms with Crippen molar-refractivity contribution in [1.82, 2.24) is 10.0 Å². The number of benzene rings is 2. The van der Waals surface area contributed by atoms with Gasteiger partial charge >= 0.3 is 5.97 Å². The standard InChI is InChI=1S/C23H30N2O4S/c1-3-18(23(26)27)22-17(11-7-12-19(22)16-9-5-4-6-10-16)15-21-20(13-8-14-24-21)25-30(2,28)29/h4-7,9-12,18,20-21,24-25H,3,8,13-15H2,1-2H3,(H,26,27). The number of aliphatic carboxylic acids is 1. The minimum atomic E-state index is -3.33. The zero-order valence-corrected chi connectivity index (χ0v) is 18.3. The van der Waals surface area contributed by atoms with E-state index in [1.54, 1.807) is 0 Å². The molecule has 0 aliphatic carbocycles. The second-order valence-corrected chi connectivity index (χ2v) is 9.73. The zero-order chi connectivity index (χ0) is 21.7. The highest BCUT2D eigenvalue weighted by Gasteiger charge is 2.30. The topological polar surface area (TPSA) is 95.5 Å². The van der Waals surface area contributed by atoms with Crippen LogP contribution in [0.4, 0.5) is 0 Å². The van der Waals surface area contributed by atoms with Gasteiger partial charge in [0.1, 0.15) is 0 Å². The molecular formula is C23H30N2O4S. The van der Waals surface area contributed by atoms with E-state index in [4.69, 9.17) is 0 Å². The van der Waals surface area contributed by atoms with Gasteiger partial charge in [-0.1, -0.05) is 55.5 Å². The van der Waals surface area contributed by atoms with Crippen LogP contribution in [-0.2, 0) is 21.2 Å². The number of sulfonamides is 1. The molecule has 1 aliphatic heterocycles. The van der Waals surface area contributed by atoms with Crippen LogP contribution in [0.5, 0.6) is 0 Å². The molecule has 1 saturated heterocycles. The van der Waals surface area contributed by atoms with Gasteiger partial charge in [0.15, 0.2) is 0 Å². The molecule has 0 aromatic heterocycles. The van der Waals surface area contributed by atoms with E-state index < -0.39 is 21.9 Å². The van der Waals surface area contributed by atoms with Gasteiger partial charge in [0.25, 0.3) is 0 Å². The molecular weight excluding hydrogens is 400 g/mol. The fourth-order valence-corrected chi connectivity index (χ4v) is 5.23. The molecule has 0 radical (unpaired) electrons. The van der Waals surface area contributed by atoms with Crippen molar-refractivity contribution in [1.29, 1.82) is 0 Å². The van der Waals surface area contributed by atoms with Crippen LogP contribution in [0.15, 0.2) is 48.5 Å². The molecule has 3 rings (SSSR count). The highest BCUT2D eigenvalue weighted by molar-refractivity contribution is 7.88. The Morgan fingerprint density at radius 1 is 1.20 bits per heavy atom. The van der Waals surface area contributed by atoms with Gasteiger partial charge in [-0.25, -0.2) is 13.1 Å². The lowest BCUT2D eigenvalue weighted by Crippen LogP contribution is -2.54. The third kappa shape index (κ3) is 5.47. The lowest BCUT2D eigenvalue weighted by molar-refractivity contribution is -0.138. The number of piperidine rings is 1. The minimum Gasteiger partial charge on any atom is -0.481 e. The van der Waals surface area contributed by atoms with Gasteiger partial charge in [0.2, 0.25) is 10.0 Å². The summed E-state index contributed by atoms with van der Waals surface area (Å²) < 4.78 is 26.4. The highest BCUT2D eigenvalue weighted by Crippen LogP contribution is 2.35. The summed E-state index contributed by atoms with van der Waals surface area (Å²) in [6, 6.07) is 15.4. The van der Waals surface area contributed by atoms with Crippen molar-refractivity contribution in [2.45, 2.75) is 50.6 Å². The van der Waals surface area contributed by atoms with Crippen molar-refractivity contribution < 1.29 is 18.3 Å². The van der Waals surface area contributed by atoms with E-state index in [0.717, 1.165) is 41.6 Å². The van der Waals surface area contributed by atoms with Crippen LogP contribution in [0, 0.1) is 0 Å². The summed E-state index contributed by atoms with van der Waals surface area (Å²) in [5, 5.41) is 13.4. The number of rotatable bonds is 8. The van der Waals surface area contributed by atoms with E-state index in [9.17, 15) is 18.3 Å². The van der Waals surface area contributed by atoms with Gasteiger partial charge in [-0.05, 0) is 54.5 Å². The maximum Gasteiger partial charge on any atom is 0.310 e. The first-order chi connectivity index (χ1) is 14.3. The molecule has 0 bridgehead atoms. The van der Waals surface area contributed by atoms with Crippen LogP contribution in [0.25, 0.3) is 11.1 Å². The van der Waals surface area contributed by atoms with Crippen LogP contribution in [0.1, 0.15) is 43.2 Å². The highest BCUT2D eigenvalue weighted by atomic mass is 32.2. The van der Waals surface area contributed by atoms with E-state index in [2.05, 4.69) is 10.0 Å². The fourth-order valence-electron chi connectivity index (χ4n) is 4.39. The summed E-state index contributed by atoms with van der Waals surface area (Å²) in [6.45, 7) is 2.70. The van der Waals surface area contributed by atoms with E-state index in [0.29, 0.717) is 12.8 Å². The minimum absolute atomic E-state index is 0.0930. The molecule has 0 amide bonds. The van der Waals surface area contributed by atoms with E-state index in [-0.39, 0.29) is 12.1 Å². The first kappa shape index (κ1) is 22.5. The molecule has 1 fully saturated rings. The summed E-state index contributed by atoms with van der Waals surface area (Å²) in [6.07, 6.45) is 3.88. The van der Waals surface area contributed by atoms with Gasteiger partial charge in [-0.3, -0.25) is 4.79 Å². The smallest absolute Gasteiger partial charge is 0.310 e. The molecule has 30 heavy (non-hydrogen) atoms. The van der Waals surface area contributed by atoms with Crippen molar-refractivity contribution in [2.24, 2.45) is 0 Å². The Morgan fingerprint density at radius 2 is 1.93 bits per heavy atom. The molecule has 7 heteroatoms. The summed E-state index contributed by atoms with van der Waals surface area (Å²) in [5.41, 5.74) is 3.68. The van der Waals surface area contributed by atoms with Crippen molar-refractivity contribution in [2.75, 3.05) is 12.8 Å². The van der Waals surface area contributed by atoms with Crippen molar-refractivity contribution >= 4 is 16.0 Å². The maximum atomic E-state index is 12.1. The second-order valence-electron chi connectivity index (χ2n) is 7.95. The number of hydrogen-bond donors (Lipinski definition) is 3. The number of carboxylic acids is 1. The van der Waals surface area contributed by atoms with E-state index in [1.807, 2.05) is 55.5 Å². The molecule has 162 valence electrons. The average molecular weight is 431 g/mol. The third-order valence-corrected chi connectivity index (χ3v) is 6.46. The molecule has 3 atom stereocenters. The Kier molecular flexibility index (Phi) is 7.28. The predicted octanol–water partition coefficient (Wildman–Crippen LogP) is 3.14. The quantitative estimate of drug-likeness (QED) is 0.598.